The molecule has 0 aromatic heterocycles. The zero-order chi connectivity index (χ0) is 30.5. The van der Waals surface area contributed by atoms with E-state index in [1.165, 1.54) is 54.6 Å². The number of alkyl halides is 2. The van der Waals surface area contributed by atoms with E-state index in [4.69, 9.17) is 14.6 Å². The number of hydrogen-bond donors (Lipinski definition) is 1. The molecule has 3 rings (SSSR count). The van der Waals surface area contributed by atoms with E-state index in [1.807, 2.05) is 0 Å². The summed E-state index contributed by atoms with van der Waals surface area (Å²) in [5.74, 6) is -5.86. The summed E-state index contributed by atoms with van der Waals surface area (Å²) in [6, 6.07) is 12.2. The molecule has 2 aromatic carbocycles. The molecule has 1 aliphatic heterocycles. The minimum atomic E-state index is -3.55. The Balaban J connectivity index is 1.66. The average molecular weight is 586 g/mol. The molecule has 10 heteroatoms. The Morgan fingerprint density at radius 3 is 2.38 bits per heavy atom. The summed E-state index contributed by atoms with van der Waals surface area (Å²) in [5.41, 5.74) is 0.141. The number of esters is 2. The maximum atomic E-state index is 15.6. The molecule has 0 unspecified atom stereocenters. The highest BCUT2D eigenvalue weighted by molar-refractivity contribution is 5.87. The van der Waals surface area contributed by atoms with Gasteiger partial charge in [-0.2, -0.15) is 8.78 Å². The summed E-state index contributed by atoms with van der Waals surface area (Å²) in [4.78, 5) is 49.5. The van der Waals surface area contributed by atoms with E-state index in [1.54, 1.807) is 17.9 Å². The van der Waals surface area contributed by atoms with Crippen molar-refractivity contribution in [1.29, 1.82) is 0 Å². The van der Waals surface area contributed by atoms with E-state index in [-0.39, 0.29) is 29.4 Å². The number of ether oxygens (including phenoxy) is 2. The van der Waals surface area contributed by atoms with Crippen molar-refractivity contribution < 1.29 is 42.5 Å². The summed E-state index contributed by atoms with van der Waals surface area (Å²) in [6.45, 7) is 2.57. The third-order valence-corrected chi connectivity index (χ3v) is 7.04. The largest absolute Gasteiger partial charge is 0.478 e. The first-order valence-corrected chi connectivity index (χ1v) is 14.2. The van der Waals surface area contributed by atoms with Crippen LogP contribution in [0.1, 0.15) is 73.4 Å². The highest BCUT2D eigenvalue weighted by atomic mass is 19.3. The zero-order valence-corrected chi connectivity index (χ0v) is 23.7. The van der Waals surface area contributed by atoms with Crippen LogP contribution in [0.3, 0.4) is 0 Å². The lowest BCUT2D eigenvalue weighted by Crippen LogP contribution is -2.36. The van der Waals surface area contributed by atoms with Crippen LogP contribution >= 0.6 is 0 Å². The van der Waals surface area contributed by atoms with Crippen LogP contribution in [0.4, 0.5) is 8.78 Å². The summed E-state index contributed by atoms with van der Waals surface area (Å²) < 4.78 is 41.5. The van der Waals surface area contributed by atoms with Crippen LogP contribution in [0, 0.1) is 0 Å². The molecule has 0 spiro atoms. The van der Waals surface area contributed by atoms with Gasteiger partial charge in [-0.25, -0.2) is 4.79 Å². The van der Waals surface area contributed by atoms with E-state index in [9.17, 15) is 19.2 Å². The molecule has 2 aromatic rings. The second-order valence-corrected chi connectivity index (χ2v) is 10.1. The lowest BCUT2D eigenvalue weighted by molar-refractivity contribution is -0.167. The molecule has 1 amide bonds. The fourth-order valence-electron chi connectivity index (χ4n) is 4.79. The molecule has 42 heavy (non-hydrogen) atoms. The monoisotopic (exact) mass is 585 g/mol. The Labute approximate surface area is 244 Å². The normalized spacial score (nSPS) is 16.0. The molecular weight excluding hydrogens is 548 g/mol. The number of likely N-dealkylation sites (tertiary alicyclic amines) is 1. The molecule has 226 valence electrons. The van der Waals surface area contributed by atoms with Crippen molar-refractivity contribution in [3.8, 4) is 0 Å². The molecule has 1 fully saturated rings. The quantitative estimate of drug-likeness (QED) is 0.153. The molecule has 1 saturated heterocycles. The molecule has 2 atom stereocenters. The molecule has 1 heterocycles. The number of benzene rings is 2. The van der Waals surface area contributed by atoms with Crippen molar-refractivity contribution in [3.63, 3.8) is 0 Å². The molecule has 0 aliphatic carbocycles. The Morgan fingerprint density at radius 1 is 1.02 bits per heavy atom. The number of aromatic carboxylic acids is 1. The van der Waals surface area contributed by atoms with Gasteiger partial charge < -0.3 is 19.5 Å². The van der Waals surface area contributed by atoms with Gasteiger partial charge in [0.2, 0.25) is 5.91 Å². The highest BCUT2D eigenvalue weighted by Gasteiger charge is 2.43. The Bertz CT molecular complexity index is 1230. The van der Waals surface area contributed by atoms with E-state index in [2.05, 4.69) is 0 Å². The lowest BCUT2D eigenvalue weighted by atomic mass is 10.0. The number of carboxylic acids is 1. The first-order valence-electron chi connectivity index (χ1n) is 14.2. The van der Waals surface area contributed by atoms with Gasteiger partial charge in [0, 0.05) is 24.9 Å². The topological polar surface area (TPSA) is 110 Å². The van der Waals surface area contributed by atoms with Crippen LogP contribution in [0.2, 0.25) is 0 Å². The second kappa shape index (κ2) is 15.8. The predicted octanol–water partition coefficient (Wildman–Crippen LogP) is 5.69. The van der Waals surface area contributed by atoms with Crippen molar-refractivity contribution in [3.05, 3.63) is 83.4 Å². The number of carbonyl (C=O) groups excluding carboxylic acids is 3. The maximum Gasteiger partial charge on any atom is 0.335 e. The van der Waals surface area contributed by atoms with E-state index < -0.39 is 30.0 Å². The Kier molecular flexibility index (Phi) is 12.2. The number of unbranched alkanes of at least 4 members (excludes halogenated alkanes) is 3. The van der Waals surface area contributed by atoms with Crippen LogP contribution < -0.4 is 0 Å². The molecular formula is C32H37F2NO7. The molecule has 1 N–H and O–H groups in total. The third kappa shape index (κ3) is 9.49. The summed E-state index contributed by atoms with van der Waals surface area (Å²) in [5, 5.41) is 9.05. The van der Waals surface area contributed by atoms with Gasteiger partial charge in [-0.05, 0) is 50.0 Å². The number of nitrogens with zero attached hydrogens (tertiary/aromatic N) is 1. The van der Waals surface area contributed by atoms with Gasteiger partial charge in [0.25, 0.3) is 0 Å². The van der Waals surface area contributed by atoms with Crippen molar-refractivity contribution >= 4 is 23.8 Å². The van der Waals surface area contributed by atoms with Crippen molar-refractivity contribution in [2.45, 2.75) is 76.4 Å². The first-order chi connectivity index (χ1) is 20.1. The number of halogens is 2. The second-order valence-electron chi connectivity index (χ2n) is 10.1. The number of carboxylic acid groups (broad SMARTS) is 1. The number of hydrogen-bond acceptors (Lipinski definition) is 6. The van der Waals surface area contributed by atoms with Crippen molar-refractivity contribution in [1.82, 2.24) is 4.90 Å². The smallest absolute Gasteiger partial charge is 0.335 e. The number of carbonyl (C=O) groups is 4. The van der Waals surface area contributed by atoms with E-state index >= 15 is 8.78 Å². The predicted molar refractivity (Wildman–Crippen MR) is 151 cm³/mol. The van der Waals surface area contributed by atoms with Crippen LogP contribution in [0.15, 0.2) is 66.7 Å². The van der Waals surface area contributed by atoms with Gasteiger partial charge in [0.05, 0.1) is 24.6 Å². The zero-order valence-electron chi connectivity index (χ0n) is 23.7. The van der Waals surface area contributed by atoms with Crippen molar-refractivity contribution in [2.24, 2.45) is 0 Å². The molecule has 1 aliphatic rings. The van der Waals surface area contributed by atoms with E-state index in [0.29, 0.717) is 50.8 Å². The fraction of sp³-hybridized carbons (Fsp3) is 0.438. The number of amides is 1. The highest BCUT2D eigenvalue weighted by Crippen LogP contribution is 2.35. The van der Waals surface area contributed by atoms with Crippen LogP contribution in [0.25, 0.3) is 0 Å². The van der Waals surface area contributed by atoms with Gasteiger partial charge in [-0.3, -0.25) is 14.4 Å². The first kappa shape index (κ1) is 32.4. The molecule has 0 bridgehead atoms. The standard InChI is InChI=1S/C32H37F2NO7/c1-2-41-29(37)12-8-3-4-9-21-35-26(18-20-28(35)36)17-19-27(32(33,34)25-10-6-5-7-11-25)42-30(38)22-23-13-15-24(16-14-23)31(39)40/h5-7,10-11,13-17,19,26-27H,2-4,8-9,12,18,20-22H2,1H3,(H,39,40)/b19-17+/t26-,27+/m0/s1. The molecule has 0 saturated carbocycles. The third-order valence-electron chi connectivity index (χ3n) is 7.04. The van der Waals surface area contributed by atoms with Gasteiger partial charge in [0.15, 0.2) is 6.10 Å². The van der Waals surface area contributed by atoms with Gasteiger partial charge >= 0.3 is 23.8 Å². The maximum absolute atomic E-state index is 15.6. The Morgan fingerprint density at radius 2 is 1.71 bits per heavy atom. The molecule has 8 nitrogen and oxygen atoms in total. The van der Waals surface area contributed by atoms with Gasteiger partial charge in [-0.15, -0.1) is 0 Å². The fourth-order valence-corrected chi connectivity index (χ4v) is 4.79. The van der Waals surface area contributed by atoms with Crippen LogP contribution in [-0.2, 0) is 36.2 Å². The van der Waals surface area contributed by atoms with Crippen LogP contribution in [-0.4, -0.2) is 59.1 Å². The minimum absolute atomic E-state index is 0.0379. The minimum Gasteiger partial charge on any atom is -0.478 e. The van der Waals surface area contributed by atoms with Gasteiger partial charge in [-0.1, -0.05) is 61.4 Å². The SMILES string of the molecule is CCOC(=O)CCCCCCN1C(=O)CC[C@@H]1/C=C/[C@@H](OC(=O)Cc1ccc(C(=O)O)cc1)C(F)(F)c1ccccc1. The average Bonchev–Trinajstić information content (AvgIpc) is 3.32. The summed E-state index contributed by atoms with van der Waals surface area (Å²) in [7, 11) is 0. The van der Waals surface area contributed by atoms with E-state index in [0.717, 1.165) is 18.9 Å². The summed E-state index contributed by atoms with van der Waals surface area (Å²) >= 11 is 0. The van der Waals surface area contributed by atoms with Crippen LogP contribution in [0.5, 0.6) is 0 Å². The number of rotatable bonds is 16. The Hall–Kier alpha value is -4.08. The lowest BCUT2D eigenvalue weighted by Gasteiger charge is -2.27. The molecule has 0 radical (unpaired) electrons. The summed E-state index contributed by atoms with van der Waals surface area (Å²) in [6.07, 6.45) is 4.56. The van der Waals surface area contributed by atoms with Gasteiger partial charge in [0.1, 0.15) is 0 Å². The van der Waals surface area contributed by atoms with Crippen molar-refractivity contribution in [2.75, 3.05) is 13.2 Å².